The zero-order valence-corrected chi connectivity index (χ0v) is 43.7. The maximum absolute atomic E-state index is 13.0. The van der Waals surface area contributed by atoms with Crippen LogP contribution in [-0.2, 0) is 38.0 Å². The quantitative estimate of drug-likeness (QED) is 0.0172. The Morgan fingerprint density at radius 3 is 1.34 bits per heavy atom. The monoisotopic (exact) mass is 1010 g/mol. The van der Waals surface area contributed by atoms with Gasteiger partial charge in [-0.05, 0) is 77.0 Å². The molecular formula is C56H98O15. The summed E-state index contributed by atoms with van der Waals surface area (Å²) in [7, 11) is 0. The van der Waals surface area contributed by atoms with Crippen molar-refractivity contribution in [1.82, 2.24) is 0 Å². The van der Waals surface area contributed by atoms with Crippen LogP contribution in [0, 0.1) is 0 Å². The minimum Gasteiger partial charge on any atom is -0.462 e. The van der Waals surface area contributed by atoms with Gasteiger partial charge in [0.25, 0.3) is 0 Å². The molecule has 0 aromatic rings. The molecule has 2 fully saturated rings. The molecule has 71 heavy (non-hydrogen) atoms. The normalized spacial score (nSPS) is 25.5. The fourth-order valence-corrected chi connectivity index (χ4v) is 8.45. The van der Waals surface area contributed by atoms with Crippen molar-refractivity contribution in [2.45, 2.75) is 268 Å². The van der Waals surface area contributed by atoms with Gasteiger partial charge in [-0.25, -0.2) is 0 Å². The Kier molecular flexibility index (Phi) is 38.9. The fourth-order valence-electron chi connectivity index (χ4n) is 8.45. The number of hydrogen-bond acceptors (Lipinski definition) is 15. The van der Waals surface area contributed by atoms with Gasteiger partial charge in [0, 0.05) is 12.8 Å². The first-order chi connectivity index (χ1) is 34.5. The van der Waals surface area contributed by atoms with E-state index < -0.39 is 92.7 Å². The average Bonchev–Trinajstić information content (AvgIpc) is 3.36. The Morgan fingerprint density at radius 2 is 0.845 bits per heavy atom. The molecule has 0 saturated carbocycles. The molecule has 2 aliphatic rings. The number of esters is 2. The van der Waals surface area contributed by atoms with Crippen molar-refractivity contribution in [2.24, 2.45) is 0 Å². The first-order valence-electron chi connectivity index (χ1n) is 27.7. The summed E-state index contributed by atoms with van der Waals surface area (Å²) in [5.41, 5.74) is 0. The van der Waals surface area contributed by atoms with Crippen molar-refractivity contribution in [2.75, 3.05) is 26.4 Å². The van der Waals surface area contributed by atoms with E-state index in [9.17, 15) is 45.3 Å². The first kappa shape index (κ1) is 64.6. The largest absolute Gasteiger partial charge is 0.462 e. The molecule has 2 heterocycles. The topological polar surface area (TPSA) is 231 Å². The summed E-state index contributed by atoms with van der Waals surface area (Å²) in [6.07, 6.45) is 31.2. The molecule has 11 unspecified atom stereocenters. The highest BCUT2D eigenvalue weighted by Gasteiger charge is 2.47. The minimum atomic E-state index is -1.77. The van der Waals surface area contributed by atoms with Crippen LogP contribution in [0.2, 0.25) is 0 Å². The molecular weight excluding hydrogens is 913 g/mol. The van der Waals surface area contributed by atoms with Gasteiger partial charge in [-0.1, -0.05) is 159 Å². The van der Waals surface area contributed by atoms with Gasteiger partial charge in [0.05, 0.1) is 19.8 Å². The van der Waals surface area contributed by atoms with Crippen molar-refractivity contribution in [3.05, 3.63) is 48.6 Å². The number of aliphatic hydroxyl groups is 7. The third kappa shape index (κ3) is 30.4. The lowest BCUT2D eigenvalue weighted by atomic mass is 9.98. The molecule has 7 N–H and O–H groups in total. The van der Waals surface area contributed by atoms with E-state index in [4.69, 9.17) is 28.4 Å². The highest BCUT2D eigenvalue weighted by molar-refractivity contribution is 5.70. The molecule has 11 atom stereocenters. The van der Waals surface area contributed by atoms with E-state index in [1.165, 1.54) is 77.0 Å². The second kappa shape index (κ2) is 42.8. The van der Waals surface area contributed by atoms with E-state index in [0.717, 1.165) is 83.5 Å². The standard InChI is InChI=1S/C56H98O15/c1-3-5-7-9-11-13-15-17-19-21-22-23-25-27-29-31-33-35-37-39-48(59)69-44(41-66-47(58)38-36-34-32-30-28-26-24-20-18-16-14-12-10-8-6-4-2)42-67-55-54(65)52(63)50(61)46(71-55)43-68-56-53(64)51(62)49(60)45(40-57)70-56/h11,13-14,16-17,19-20,24,44-46,49-57,60-65H,3-10,12,15,18,21-23,25-43H2,1-2H3/b13-11-,16-14-,19-17-,24-20-. The number of allylic oxidation sites excluding steroid dienone is 8. The number of aliphatic hydroxyl groups excluding tert-OH is 7. The van der Waals surface area contributed by atoms with E-state index in [0.29, 0.717) is 12.8 Å². The van der Waals surface area contributed by atoms with Gasteiger partial charge in [-0.3, -0.25) is 9.59 Å². The Hall–Kier alpha value is -2.54. The molecule has 0 amide bonds. The average molecular weight is 1010 g/mol. The van der Waals surface area contributed by atoms with Gasteiger partial charge >= 0.3 is 11.9 Å². The zero-order valence-electron chi connectivity index (χ0n) is 43.7. The third-order valence-electron chi connectivity index (χ3n) is 13.0. The zero-order chi connectivity index (χ0) is 51.7. The Balaban J connectivity index is 1.79. The second-order valence-corrected chi connectivity index (χ2v) is 19.4. The summed E-state index contributed by atoms with van der Waals surface area (Å²) in [5.74, 6) is -0.944. The van der Waals surface area contributed by atoms with Crippen LogP contribution in [0.25, 0.3) is 0 Å². The molecule has 0 spiro atoms. The summed E-state index contributed by atoms with van der Waals surface area (Å²) < 4.78 is 33.6. The van der Waals surface area contributed by atoms with E-state index in [1.807, 2.05) is 0 Å². The summed E-state index contributed by atoms with van der Waals surface area (Å²) >= 11 is 0. The molecule has 412 valence electrons. The Labute approximate surface area is 427 Å². The lowest BCUT2D eigenvalue weighted by Gasteiger charge is -2.42. The Morgan fingerprint density at radius 1 is 0.451 bits per heavy atom. The van der Waals surface area contributed by atoms with Crippen LogP contribution in [0.4, 0.5) is 0 Å². The van der Waals surface area contributed by atoms with Crippen LogP contribution in [0.15, 0.2) is 48.6 Å². The molecule has 2 rings (SSSR count). The maximum atomic E-state index is 13.0. The van der Waals surface area contributed by atoms with Crippen LogP contribution in [0.3, 0.4) is 0 Å². The molecule has 0 aliphatic carbocycles. The summed E-state index contributed by atoms with van der Waals surface area (Å²) in [6.45, 7) is 2.54. The van der Waals surface area contributed by atoms with Crippen molar-refractivity contribution in [3.63, 3.8) is 0 Å². The smallest absolute Gasteiger partial charge is 0.306 e. The number of rotatable bonds is 43. The van der Waals surface area contributed by atoms with Gasteiger partial charge in [0.1, 0.15) is 55.4 Å². The highest BCUT2D eigenvalue weighted by atomic mass is 16.7. The number of carbonyl (C=O) groups excluding carboxylic acids is 2. The molecule has 2 saturated heterocycles. The van der Waals surface area contributed by atoms with Crippen LogP contribution < -0.4 is 0 Å². The number of hydrogen-bond donors (Lipinski definition) is 7. The Bertz CT molecular complexity index is 1420. The predicted molar refractivity (Wildman–Crippen MR) is 275 cm³/mol. The number of unbranched alkanes of at least 4 members (excludes halogenated alkanes) is 21. The van der Waals surface area contributed by atoms with Crippen LogP contribution in [-0.4, -0.2) is 142 Å². The van der Waals surface area contributed by atoms with Crippen LogP contribution in [0.1, 0.15) is 200 Å². The second-order valence-electron chi connectivity index (χ2n) is 19.4. The molecule has 0 bridgehead atoms. The van der Waals surface area contributed by atoms with Crippen LogP contribution >= 0.6 is 0 Å². The van der Waals surface area contributed by atoms with Crippen molar-refractivity contribution >= 4 is 11.9 Å². The van der Waals surface area contributed by atoms with Gasteiger partial charge in [0.2, 0.25) is 0 Å². The van der Waals surface area contributed by atoms with Gasteiger partial charge < -0.3 is 64.2 Å². The minimum absolute atomic E-state index is 0.156. The predicted octanol–water partition coefficient (Wildman–Crippen LogP) is 8.66. The summed E-state index contributed by atoms with van der Waals surface area (Å²) in [4.78, 5) is 25.8. The third-order valence-corrected chi connectivity index (χ3v) is 13.0. The number of carbonyl (C=O) groups is 2. The van der Waals surface area contributed by atoms with E-state index in [2.05, 4.69) is 62.5 Å². The van der Waals surface area contributed by atoms with Crippen molar-refractivity contribution < 1.29 is 73.8 Å². The number of ether oxygens (including phenoxy) is 6. The summed E-state index contributed by atoms with van der Waals surface area (Å²) in [6, 6.07) is 0. The summed E-state index contributed by atoms with van der Waals surface area (Å²) in [5, 5.41) is 72.2. The molecule has 15 heteroatoms. The van der Waals surface area contributed by atoms with E-state index in [-0.39, 0.29) is 26.1 Å². The lowest BCUT2D eigenvalue weighted by molar-refractivity contribution is -0.332. The maximum Gasteiger partial charge on any atom is 0.306 e. The van der Waals surface area contributed by atoms with Crippen LogP contribution in [0.5, 0.6) is 0 Å². The van der Waals surface area contributed by atoms with Gasteiger partial charge in [-0.2, -0.15) is 0 Å². The molecule has 0 aromatic heterocycles. The first-order valence-corrected chi connectivity index (χ1v) is 27.7. The molecule has 15 nitrogen and oxygen atoms in total. The van der Waals surface area contributed by atoms with E-state index >= 15 is 0 Å². The molecule has 0 radical (unpaired) electrons. The lowest BCUT2D eigenvalue weighted by Crippen LogP contribution is -2.61. The van der Waals surface area contributed by atoms with Gasteiger partial charge in [0.15, 0.2) is 18.7 Å². The molecule has 0 aromatic carbocycles. The van der Waals surface area contributed by atoms with E-state index in [1.54, 1.807) is 0 Å². The van der Waals surface area contributed by atoms with Crippen molar-refractivity contribution in [3.8, 4) is 0 Å². The molecule has 2 aliphatic heterocycles. The highest BCUT2D eigenvalue weighted by Crippen LogP contribution is 2.26. The SMILES string of the molecule is CCCCC/C=C\C/C=C\CCCCCCCCCCCC(=O)OC(COC(=O)CCCCCCC/C=C\C/C=C\CCCCCC)COC1OC(COC2OC(CO)C(O)C(O)C2O)C(O)C(O)C1O. The van der Waals surface area contributed by atoms with Gasteiger partial charge in [-0.15, -0.1) is 0 Å². The fraction of sp³-hybridized carbons (Fsp3) is 0.821. The van der Waals surface area contributed by atoms with Crippen molar-refractivity contribution in [1.29, 1.82) is 0 Å².